The van der Waals surface area contributed by atoms with E-state index in [0.717, 1.165) is 0 Å². The van der Waals surface area contributed by atoms with Crippen molar-refractivity contribution in [3.05, 3.63) is 0 Å². The van der Waals surface area contributed by atoms with E-state index < -0.39 is 0 Å². The monoisotopic (exact) mass is 118 g/mol. The maximum atomic E-state index is 10.5. The molecule has 0 spiro atoms. The smallest absolute Gasteiger partial charge is 0.250 e. The summed E-state index contributed by atoms with van der Waals surface area (Å²) < 4.78 is 0. The normalized spacial score (nSPS) is 8.88. The predicted octanol–water partition coefficient (Wildman–Crippen LogP) is -1.04. The van der Waals surface area contributed by atoms with E-state index in [9.17, 15) is 4.79 Å². The molecule has 0 atom stereocenters. The first-order valence-corrected chi connectivity index (χ1v) is 2.20. The van der Waals surface area contributed by atoms with Crippen LogP contribution < -0.4 is 5.90 Å². The van der Waals surface area contributed by atoms with Crippen molar-refractivity contribution in [2.24, 2.45) is 5.90 Å². The Labute approximate surface area is 48.2 Å². The largest absolute Gasteiger partial charge is 0.347 e. The number of hydrogen-bond donors (Lipinski definition) is 1. The second-order valence-electron chi connectivity index (χ2n) is 1.60. The Bertz CT molecular complexity index is 82.1. The first kappa shape index (κ1) is 7.39. The number of amides is 1. The van der Waals surface area contributed by atoms with E-state index in [2.05, 4.69) is 10.7 Å². The van der Waals surface area contributed by atoms with Gasteiger partial charge in [-0.25, -0.2) is 5.90 Å². The van der Waals surface area contributed by atoms with E-state index in [1.807, 2.05) is 0 Å². The van der Waals surface area contributed by atoms with E-state index >= 15 is 0 Å². The summed E-state index contributed by atoms with van der Waals surface area (Å²) in [6.07, 6.45) is 0. The molecule has 0 aromatic carbocycles. The van der Waals surface area contributed by atoms with Crippen molar-refractivity contribution < 1.29 is 9.63 Å². The van der Waals surface area contributed by atoms with E-state index in [1.165, 1.54) is 4.90 Å². The third-order valence-electron chi connectivity index (χ3n) is 0.706. The van der Waals surface area contributed by atoms with Gasteiger partial charge in [0.05, 0.1) is 0 Å². The predicted molar refractivity (Wildman–Crippen MR) is 28.8 cm³/mol. The van der Waals surface area contributed by atoms with Crippen LogP contribution in [0.3, 0.4) is 0 Å². The van der Waals surface area contributed by atoms with Gasteiger partial charge in [-0.3, -0.25) is 9.63 Å². The molecule has 0 saturated carbocycles. The molecule has 0 saturated heterocycles. The minimum absolute atomic E-state index is 0.0486. The van der Waals surface area contributed by atoms with E-state index in [1.54, 1.807) is 14.1 Å². The molecule has 0 aromatic rings. The lowest BCUT2D eigenvalue weighted by molar-refractivity contribution is -0.133. The molecular formula is C4H10N2O2. The Balaban J connectivity index is 3.33. The summed E-state index contributed by atoms with van der Waals surface area (Å²) >= 11 is 0. The third-order valence-corrected chi connectivity index (χ3v) is 0.706. The number of carbonyl (C=O) groups is 1. The van der Waals surface area contributed by atoms with Gasteiger partial charge in [-0.05, 0) is 0 Å². The first-order chi connectivity index (χ1) is 3.68. The number of rotatable bonds is 2. The SMILES string of the molecule is CN(C)C(=O)CON. The van der Waals surface area contributed by atoms with Crippen LogP contribution in [0.1, 0.15) is 0 Å². The molecule has 1 amide bonds. The Morgan fingerprint density at radius 2 is 2.25 bits per heavy atom. The molecule has 0 aromatic heterocycles. The minimum atomic E-state index is -0.132. The fourth-order valence-corrected chi connectivity index (χ4v) is 0.200. The lowest BCUT2D eigenvalue weighted by Crippen LogP contribution is -2.27. The molecule has 0 unspecified atom stereocenters. The van der Waals surface area contributed by atoms with Gasteiger partial charge in [0.25, 0.3) is 0 Å². The van der Waals surface area contributed by atoms with Crippen molar-refractivity contribution in [3.63, 3.8) is 0 Å². The van der Waals surface area contributed by atoms with Crippen molar-refractivity contribution in [3.8, 4) is 0 Å². The molecule has 0 aliphatic carbocycles. The van der Waals surface area contributed by atoms with Gasteiger partial charge >= 0.3 is 0 Å². The molecule has 0 rings (SSSR count). The van der Waals surface area contributed by atoms with Gasteiger partial charge in [-0.15, -0.1) is 0 Å². The first-order valence-electron chi connectivity index (χ1n) is 2.20. The zero-order chi connectivity index (χ0) is 6.57. The summed E-state index contributed by atoms with van der Waals surface area (Å²) in [7, 11) is 3.28. The van der Waals surface area contributed by atoms with Crippen LogP contribution in [-0.2, 0) is 9.63 Å². The summed E-state index contributed by atoms with van der Waals surface area (Å²) in [5.74, 6) is 4.49. The molecule has 0 heterocycles. The van der Waals surface area contributed by atoms with Crippen LogP contribution in [0.15, 0.2) is 0 Å². The Morgan fingerprint density at radius 3 is 2.38 bits per heavy atom. The second kappa shape index (κ2) is 3.40. The standard InChI is InChI=1S/C4H10N2O2/c1-6(2)4(7)3-8-5/h3,5H2,1-2H3. The van der Waals surface area contributed by atoms with Crippen LogP contribution in [0.4, 0.5) is 0 Å². The zero-order valence-corrected chi connectivity index (χ0v) is 5.05. The average molecular weight is 118 g/mol. The van der Waals surface area contributed by atoms with Crippen molar-refractivity contribution in [2.45, 2.75) is 0 Å². The molecule has 4 heteroatoms. The van der Waals surface area contributed by atoms with Gasteiger partial charge in [-0.2, -0.15) is 0 Å². The fraction of sp³-hybridized carbons (Fsp3) is 0.750. The molecular weight excluding hydrogens is 108 g/mol. The highest BCUT2D eigenvalue weighted by Crippen LogP contribution is 1.75. The Kier molecular flexibility index (Phi) is 3.14. The molecule has 4 nitrogen and oxygen atoms in total. The third kappa shape index (κ3) is 2.54. The summed E-state index contributed by atoms with van der Waals surface area (Å²) in [4.78, 5) is 15.9. The molecule has 2 N–H and O–H groups in total. The van der Waals surface area contributed by atoms with Gasteiger partial charge in [0.2, 0.25) is 5.91 Å². The molecule has 0 bridgehead atoms. The highest BCUT2D eigenvalue weighted by Gasteiger charge is 2.00. The van der Waals surface area contributed by atoms with E-state index in [0.29, 0.717) is 0 Å². The molecule has 0 fully saturated rings. The van der Waals surface area contributed by atoms with Gasteiger partial charge in [0.1, 0.15) is 6.61 Å². The Hall–Kier alpha value is -0.610. The number of nitrogens with two attached hydrogens (primary N) is 1. The minimum Gasteiger partial charge on any atom is -0.347 e. The van der Waals surface area contributed by atoms with Crippen LogP contribution in [0, 0.1) is 0 Å². The number of nitrogens with zero attached hydrogens (tertiary/aromatic N) is 1. The second-order valence-corrected chi connectivity index (χ2v) is 1.60. The molecule has 0 aliphatic heterocycles. The summed E-state index contributed by atoms with van der Waals surface area (Å²) in [5, 5.41) is 0. The van der Waals surface area contributed by atoms with Gasteiger partial charge in [0.15, 0.2) is 0 Å². The maximum absolute atomic E-state index is 10.5. The lowest BCUT2D eigenvalue weighted by atomic mass is 10.6. The van der Waals surface area contributed by atoms with Gasteiger partial charge < -0.3 is 4.90 Å². The van der Waals surface area contributed by atoms with Crippen molar-refractivity contribution >= 4 is 5.91 Å². The summed E-state index contributed by atoms with van der Waals surface area (Å²) in [6, 6.07) is 0. The topological polar surface area (TPSA) is 55.6 Å². The lowest BCUT2D eigenvalue weighted by Gasteiger charge is -2.07. The Morgan fingerprint density at radius 1 is 1.75 bits per heavy atom. The fourth-order valence-electron chi connectivity index (χ4n) is 0.200. The number of likely N-dealkylation sites (N-methyl/N-ethyl adjacent to an activating group) is 1. The van der Waals surface area contributed by atoms with Crippen LogP contribution >= 0.6 is 0 Å². The van der Waals surface area contributed by atoms with Crippen molar-refractivity contribution in [1.29, 1.82) is 0 Å². The summed E-state index contributed by atoms with van der Waals surface area (Å²) in [6.45, 7) is -0.0486. The van der Waals surface area contributed by atoms with Crippen molar-refractivity contribution in [2.75, 3.05) is 20.7 Å². The highest BCUT2D eigenvalue weighted by molar-refractivity contribution is 5.76. The van der Waals surface area contributed by atoms with Crippen LogP contribution in [0.25, 0.3) is 0 Å². The van der Waals surface area contributed by atoms with Crippen LogP contribution in [-0.4, -0.2) is 31.5 Å². The summed E-state index contributed by atoms with van der Waals surface area (Å²) in [5.41, 5.74) is 0. The maximum Gasteiger partial charge on any atom is 0.250 e. The quantitative estimate of drug-likeness (QED) is 0.471. The van der Waals surface area contributed by atoms with E-state index in [4.69, 9.17) is 0 Å². The number of hydrogen-bond acceptors (Lipinski definition) is 3. The molecule has 8 heavy (non-hydrogen) atoms. The molecule has 0 radical (unpaired) electrons. The molecule has 48 valence electrons. The van der Waals surface area contributed by atoms with Crippen LogP contribution in [0.2, 0.25) is 0 Å². The zero-order valence-electron chi connectivity index (χ0n) is 5.05. The number of carbonyl (C=O) groups excluding carboxylic acids is 1. The van der Waals surface area contributed by atoms with Gasteiger partial charge in [0, 0.05) is 14.1 Å². The molecule has 0 aliphatic rings. The highest BCUT2D eigenvalue weighted by atomic mass is 16.6. The van der Waals surface area contributed by atoms with E-state index in [-0.39, 0.29) is 12.5 Å². The van der Waals surface area contributed by atoms with Gasteiger partial charge in [-0.1, -0.05) is 0 Å². The van der Waals surface area contributed by atoms with Crippen LogP contribution in [0.5, 0.6) is 0 Å². The van der Waals surface area contributed by atoms with Crippen molar-refractivity contribution in [1.82, 2.24) is 4.90 Å². The average Bonchev–Trinajstić information content (AvgIpc) is 1.67.